The van der Waals surface area contributed by atoms with Gasteiger partial charge < -0.3 is 88.1 Å². The minimum atomic E-state index is -7.45. The summed E-state index contributed by atoms with van der Waals surface area (Å²) >= 11 is 0. The van der Waals surface area contributed by atoms with Crippen LogP contribution in [0.25, 0.3) is 0 Å². The van der Waals surface area contributed by atoms with Crippen molar-refractivity contribution in [3.05, 3.63) is 34.9 Å². The predicted octanol–water partition coefficient (Wildman–Crippen LogP) is -2.38. The molecule has 1 aromatic rings. The third-order valence-corrected chi connectivity index (χ3v) is 29.5. The van der Waals surface area contributed by atoms with Crippen LogP contribution in [0, 0.1) is 0 Å². The summed E-state index contributed by atoms with van der Waals surface area (Å²) in [7, 11) is -67.1. The van der Waals surface area contributed by atoms with Gasteiger partial charge in [0.05, 0.1) is 0 Å². The van der Waals surface area contributed by atoms with Gasteiger partial charge in [-0.2, -0.15) is 0 Å². The van der Waals surface area contributed by atoms with Crippen molar-refractivity contribution >= 4 is 68.4 Å². The van der Waals surface area contributed by atoms with Crippen molar-refractivity contribution in [1.29, 1.82) is 0 Å². The molecule has 36 heteroatoms. The Morgan fingerprint density at radius 2 is 0.356 bits per heavy atom. The highest BCUT2D eigenvalue weighted by molar-refractivity contribution is 7.89. The highest BCUT2D eigenvalue weighted by Gasteiger charge is 2.78. The fraction of sp³-hybridized carbons (Fsp3) is 0.333. The molecular formula is C9H21O27P9. The van der Waals surface area contributed by atoms with Crippen LogP contribution in [0.2, 0.25) is 0 Å². The van der Waals surface area contributed by atoms with Gasteiger partial charge in [0.1, 0.15) is 0 Å². The molecule has 0 fully saturated rings. The van der Waals surface area contributed by atoms with Gasteiger partial charge in [-0.25, -0.2) is 0 Å². The van der Waals surface area contributed by atoms with Gasteiger partial charge in [-0.15, -0.1) is 0 Å². The highest BCUT2D eigenvalue weighted by atomic mass is 31.3. The maximum atomic E-state index is 12.4. The van der Waals surface area contributed by atoms with E-state index in [1.165, 1.54) is 0 Å². The fourth-order valence-electron chi connectivity index (χ4n) is 4.25. The first kappa shape index (κ1) is 43.6. The summed E-state index contributed by atoms with van der Waals surface area (Å²) in [6.07, 6.45) is 0. The molecule has 27 nitrogen and oxygen atoms in total. The van der Waals surface area contributed by atoms with Crippen LogP contribution in [-0.2, 0) is 55.0 Å². The summed E-state index contributed by atoms with van der Waals surface area (Å²) in [5.41, 5.74) is -8.49. The Balaban J connectivity index is 5.44. The smallest absolute Gasteiger partial charge is 0.323 e. The van der Waals surface area contributed by atoms with Gasteiger partial charge in [0.15, 0.2) is 0 Å². The van der Waals surface area contributed by atoms with E-state index in [0.29, 0.717) is 0 Å². The molecule has 0 radical (unpaired) electrons. The first-order valence-electron chi connectivity index (χ1n) is 9.74. The number of hydrogen-bond donors (Lipinski definition) is 18. The Labute approximate surface area is 246 Å². The molecule has 0 aromatic heterocycles. The first-order valence-corrected chi connectivity index (χ1v) is 24.2. The Morgan fingerprint density at radius 3 is 0.422 bits per heavy atom. The van der Waals surface area contributed by atoms with Crippen LogP contribution >= 0.6 is 68.4 Å². The van der Waals surface area contributed by atoms with Crippen molar-refractivity contribution in [1.82, 2.24) is 0 Å². The Kier molecular flexibility index (Phi) is 11.5. The molecule has 45 heavy (non-hydrogen) atoms. The van der Waals surface area contributed by atoms with Crippen LogP contribution in [0.4, 0.5) is 0 Å². The van der Waals surface area contributed by atoms with E-state index in [9.17, 15) is 129 Å². The van der Waals surface area contributed by atoms with E-state index in [0.717, 1.165) is 0 Å². The van der Waals surface area contributed by atoms with Crippen LogP contribution in [0.3, 0.4) is 0 Å². The van der Waals surface area contributed by atoms with Gasteiger partial charge in [-0.1, -0.05) is 18.2 Å². The molecule has 0 atom stereocenters. The van der Waals surface area contributed by atoms with E-state index in [-0.39, 0.29) is 0 Å². The maximum absolute atomic E-state index is 12.4. The van der Waals surface area contributed by atoms with Gasteiger partial charge in [0, 0.05) is 0 Å². The molecule has 0 saturated heterocycles. The SMILES string of the molecule is O=P(O)(O)C(c1cc(C(P(=O)(O)O)(P(=O)(O)O)P(=O)(O)O)cc(C(P(=O)(O)O)(P(=O)(O)O)P(=O)(O)O)c1)(P(=O)(O)O)P(=O)(O)O. The number of benzene rings is 1. The zero-order valence-corrected chi connectivity index (χ0v) is 28.5. The lowest BCUT2D eigenvalue weighted by molar-refractivity contribution is 0.297. The van der Waals surface area contributed by atoms with Gasteiger partial charge in [-0.05, 0) is 16.7 Å². The maximum Gasteiger partial charge on any atom is 0.360 e. The Hall–Kier alpha value is 0.570. The molecule has 0 bridgehead atoms. The lowest BCUT2D eigenvalue weighted by Gasteiger charge is -2.40. The summed E-state index contributed by atoms with van der Waals surface area (Å²) in [6.45, 7) is 0. The summed E-state index contributed by atoms with van der Waals surface area (Å²) in [6, 6.07) is -2.95. The molecule has 0 aliphatic carbocycles. The summed E-state index contributed by atoms with van der Waals surface area (Å²) in [5.74, 6) is 0. The van der Waals surface area contributed by atoms with Crippen LogP contribution in [0.5, 0.6) is 0 Å². The van der Waals surface area contributed by atoms with Crippen molar-refractivity contribution in [3.8, 4) is 0 Å². The van der Waals surface area contributed by atoms with E-state index in [1.807, 2.05) is 0 Å². The number of hydrogen-bond acceptors (Lipinski definition) is 9. The van der Waals surface area contributed by atoms with Crippen molar-refractivity contribution in [3.63, 3.8) is 0 Å². The molecule has 0 spiro atoms. The summed E-state index contributed by atoms with van der Waals surface area (Å²) in [5, 5.41) is 0. The van der Waals surface area contributed by atoms with Gasteiger partial charge >= 0.3 is 68.4 Å². The minimum absolute atomic E-state index is 0.984. The van der Waals surface area contributed by atoms with Gasteiger partial charge in [0.25, 0.3) is 13.9 Å². The molecule has 264 valence electrons. The van der Waals surface area contributed by atoms with Crippen molar-refractivity contribution in [2.75, 3.05) is 0 Å². The molecule has 0 saturated carbocycles. The topological polar surface area (TPSA) is 518 Å². The molecular weight excluding hydrogens is 819 g/mol. The third-order valence-electron chi connectivity index (χ3n) is 5.75. The number of rotatable bonds is 12. The molecule has 18 N–H and O–H groups in total. The van der Waals surface area contributed by atoms with E-state index in [4.69, 9.17) is 0 Å². The lowest BCUT2D eigenvalue weighted by Crippen LogP contribution is -2.33. The quantitative estimate of drug-likeness (QED) is 0.0977. The second kappa shape index (κ2) is 11.8. The van der Waals surface area contributed by atoms with Gasteiger partial charge in [-0.3, -0.25) is 41.1 Å². The second-order valence-corrected chi connectivity index (χ2v) is 27.6. The predicted molar refractivity (Wildman–Crippen MR) is 140 cm³/mol. The van der Waals surface area contributed by atoms with Crippen LogP contribution < -0.4 is 0 Å². The molecule has 1 aromatic carbocycles. The minimum Gasteiger partial charge on any atom is -0.323 e. The molecule has 1 rings (SSSR count). The van der Waals surface area contributed by atoms with E-state index < -0.39 is 117 Å². The van der Waals surface area contributed by atoms with Gasteiger partial charge in [0.2, 0.25) is 0 Å². The lowest BCUT2D eigenvalue weighted by atomic mass is 10.1. The highest BCUT2D eigenvalue weighted by Crippen LogP contribution is 2.92. The van der Waals surface area contributed by atoms with Crippen LogP contribution in [-0.4, -0.2) is 88.1 Å². The molecule has 0 amide bonds. The van der Waals surface area contributed by atoms with Crippen LogP contribution in [0.1, 0.15) is 16.7 Å². The second-order valence-electron chi connectivity index (χ2n) is 8.60. The summed E-state index contributed by atoms with van der Waals surface area (Å²) in [4.78, 5) is 176. The average molecular weight is 840 g/mol. The summed E-state index contributed by atoms with van der Waals surface area (Å²) < 4.78 is 95.0. The standard InChI is InChI=1S/C9H21O27P9/c10-37(11,12)7(38(13,14)15,39(16,17)18)4-1-5(8(40(19,20)21,41(22,23)24)42(25,26)27)3-6(2-4)9(43(28,29)30,44(31,32)33)45(34,35)36/h1-3H,(H2,10,11,12)(H2,13,14,15)(H2,16,17,18)(H2,19,20,21)(H2,22,23,24)(H2,25,26,27)(H2,28,29,30)(H2,31,32,33)(H2,34,35,36). The van der Waals surface area contributed by atoms with Crippen LogP contribution in [0.15, 0.2) is 18.2 Å². The largest absolute Gasteiger partial charge is 0.360 e. The first-order chi connectivity index (χ1) is 19.1. The van der Waals surface area contributed by atoms with E-state index in [2.05, 4.69) is 0 Å². The Morgan fingerprint density at radius 1 is 0.267 bits per heavy atom. The normalized spacial score (nSPS) is 16.1. The Bertz CT molecular complexity index is 1420. The molecule has 0 unspecified atom stereocenters. The molecule has 0 aliphatic heterocycles. The van der Waals surface area contributed by atoms with Crippen molar-refractivity contribution in [2.24, 2.45) is 0 Å². The van der Waals surface area contributed by atoms with E-state index in [1.54, 1.807) is 0 Å². The zero-order chi connectivity index (χ0) is 36.9. The zero-order valence-electron chi connectivity index (χ0n) is 20.5. The van der Waals surface area contributed by atoms with Crippen molar-refractivity contribution < 1.29 is 129 Å². The third kappa shape index (κ3) is 6.49. The fourth-order valence-corrected chi connectivity index (χ4v) is 20.7. The van der Waals surface area contributed by atoms with Crippen molar-refractivity contribution in [2.45, 2.75) is 13.9 Å². The average Bonchev–Trinajstić information content (AvgIpc) is 2.57. The van der Waals surface area contributed by atoms with E-state index >= 15 is 0 Å². The molecule has 0 aliphatic rings. The molecule has 0 heterocycles. The monoisotopic (exact) mass is 840 g/mol.